The van der Waals surface area contributed by atoms with Crippen LogP contribution in [0.5, 0.6) is 0 Å². The van der Waals surface area contributed by atoms with Crippen molar-refractivity contribution >= 4 is 27.4 Å². The normalized spacial score (nSPS) is 15.9. The fraction of sp³-hybridized carbons (Fsp3) is 0.538. The molecule has 1 aliphatic rings. The summed E-state index contributed by atoms with van der Waals surface area (Å²) in [4.78, 5) is 13.8. The van der Waals surface area contributed by atoms with Crippen LogP contribution in [0.15, 0.2) is 12.4 Å². The summed E-state index contributed by atoms with van der Waals surface area (Å²) in [5.41, 5.74) is 0. The average Bonchev–Trinajstić information content (AvgIpc) is 2.66. The Morgan fingerprint density at radius 2 is 2.28 bits per heavy atom. The lowest BCUT2D eigenvalue weighted by molar-refractivity contribution is 0.411. The fourth-order valence-electron chi connectivity index (χ4n) is 2.39. The minimum atomic E-state index is 0.586. The molecule has 18 heavy (non-hydrogen) atoms. The van der Waals surface area contributed by atoms with Gasteiger partial charge >= 0.3 is 0 Å². The monoisotopic (exact) mass is 262 g/mol. The maximum Gasteiger partial charge on any atom is 0.141 e. The smallest absolute Gasteiger partial charge is 0.141 e. The Hall–Kier alpha value is -1.20. The first-order valence-electron chi connectivity index (χ1n) is 6.48. The van der Waals surface area contributed by atoms with Crippen LogP contribution in [-0.2, 0) is 0 Å². The molecule has 3 rings (SSSR count). The van der Waals surface area contributed by atoms with E-state index in [2.05, 4.69) is 40.1 Å². The molecule has 0 amide bonds. The quantitative estimate of drug-likeness (QED) is 0.917. The van der Waals surface area contributed by atoms with Crippen molar-refractivity contribution in [3.8, 4) is 0 Å². The van der Waals surface area contributed by atoms with Crippen molar-refractivity contribution in [2.45, 2.75) is 26.3 Å². The standard InChI is InChI=1S/C13H18N4S/c1-3-4-17(10-6-14-7-10)12-11-5-9(2)18-13(11)16-8-15-12/h5,8,10,14H,3-4,6-7H2,1-2H3. The summed E-state index contributed by atoms with van der Waals surface area (Å²) in [5, 5.41) is 4.55. The first-order chi connectivity index (χ1) is 8.79. The van der Waals surface area contributed by atoms with Crippen LogP contribution in [0, 0.1) is 6.92 Å². The van der Waals surface area contributed by atoms with Gasteiger partial charge in [0.25, 0.3) is 0 Å². The molecular weight excluding hydrogens is 244 g/mol. The number of rotatable bonds is 4. The van der Waals surface area contributed by atoms with E-state index in [0.717, 1.165) is 36.7 Å². The molecule has 1 fully saturated rings. The molecule has 5 heteroatoms. The van der Waals surface area contributed by atoms with E-state index < -0.39 is 0 Å². The minimum Gasteiger partial charge on any atom is -0.350 e. The highest BCUT2D eigenvalue weighted by atomic mass is 32.1. The third kappa shape index (κ3) is 1.97. The van der Waals surface area contributed by atoms with Gasteiger partial charge < -0.3 is 10.2 Å². The third-order valence-electron chi connectivity index (χ3n) is 3.37. The highest BCUT2D eigenvalue weighted by Crippen LogP contribution is 2.31. The Balaban J connectivity index is 2.04. The van der Waals surface area contributed by atoms with E-state index in [9.17, 15) is 0 Å². The highest BCUT2D eigenvalue weighted by Gasteiger charge is 2.26. The summed E-state index contributed by atoms with van der Waals surface area (Å²) in [5.74, 6) is 1.11. The zero-order valence-corrected chi connectivity index (χ0v) is 11.6. The average molecular weight is 262 g/mol. The van der Waals surface area contributed by atoms with E-state index in [-0.39, 0.29) is 0 Å². The van der Waals surface area contributed by atoms with Crippen LogP contribution >= 0.6 is 11.3 Å². The summed E-state index contributed by atoms with van der Waals surface area (Å²) >= 11 is 1.75. The number of aryl methyl sites for hydroxylation is 1. The van der Waals surface area contributed by atoms with Crippen molar-refractivity contribution in [3.05, 3.63) is 17.3 Å². The van der Waals surface area contributed by atoms with E-state index in [0.29, 0.717) is 6.04 Å². The number of aromatic nitrogens is 2. The van der Waals surface area contributed by atoms with Gasteiger partial charge in [-0.2, -0.15) is 0 Å². The van der Waals surface area contributed by atoms with E-state index in [1.807, 2.05) is 0 Å². The molecular formula is C13H18N4S. The fourth-order valence-corrected chi connectivity index (χ4v) is 3.23. The van der Waals surface area contributed by atoms with Gasteiger partial charge in [0.05, 0.1) is 11.4 Å². The van der Waals surface area contributed by atoms with Gasteiger partial charge in [-0.1, -0.05) is 6.92 Å². The van der Waals surface area contributed by atoms with Gasteiger partial charge in [-0.05, 0) is 19.4 Å². The molecule has 0 aliphatic carbocycles. The lowest BCUT2D eigenvalue weighted by Gasteiger charge is -2.39. The predicted octanol–water partition coefficient (Wildman–Crippen LogP) is 2.19. The minimum absolute atomic E-state index is 0.586. The molecule has 0 radical (unpaired) electrons. The molecule has 2 aromatic rings. The number of nitrogens with zero attached hydrogens (tertiary/aromatic N) is 3. The summed E-state index contributed by atoms with van der Waals surface area (Å²) in [6.07, 6.45) is 2.84. The van der Waals surface area contributed by atoms with Crippen LogP contribution in [0.4, 0.5) is 5.82 Å². The van der Waals surface area contributed by atoms with Gasteiger partial charge in [-0.15, -0.1) is 11.3 Å². The number of fused-ring (bicyclic) bond motifs is 1. The van der Waals surface area contributed by atoms with Crippen molar-refractivity contribution < 1.29 is 0 Å². The third-order valence-corrected chi connectivity index (χ3v) is 4.33. The SMILES string of the molecule is CCCN(c1ncnc2sc(C)cc12)C1CNC1. The molecule has 1 saturated heterocycles. The zero-order valence-electron chi connectivity index (χ0n) is 10.8. The molecule has 1 N–H and O–H groups in total. The van der Waals surface area contributed by atoms with E-state index >= 15 is 0 Å². The molecule has 3 heterocycles. The molecule has 96 valence electrons. The lowest BCUT2D eigenvalue weighted by atomic mass is 10.1. The second-order valence-electron chi connectivity index (χ2n) is 4.78. The van der Waals surface area contributed by atoms with Crippen molar-refractivity contribution in [2.24, 2.45) is 0 Å². The van der Waals surface area contributed by atoms with Gasteiger partial charge in [-0.25, -0.2) is 9.97 Å². The Bertz CT molecular complexity index is 547. The Morgan fingerprint density at radius 1 is 1.44 bits per heavy atom. The van der Waals surface area contributed by atoms with Crippen LogP contribution in [0.3, 0.4) is 0 Å². The Morgan fingerprint density at radius 3 is 2.94 bits per heavy atom. The maximum atomic E-state index is 4.54. The number of thiophene rings is 1. The van der Waals surface area contributed by atoms with Gasteiger partial charge in [0, 0.05) is 24.5 Å². The molecule has 0 unspecified atom stereocenters. The number of hydrogen-bond acceptors (Lipinski definition) is 5. The first kappa shape index (κ1) is 11.9. The summed E-state index contributed by atoms with van der Waals surface area (Å²) in [6.45, 7) is 7.54. The second kappa shape index (κ2) is 4.82. The molecule has 4 nitrogen and oxygen atoms in total. The molecule has 0 atom stereocenters. The van der Waals surface area contributed by atoms with Crippen LogP contribution in [-0.4, -0.2) is 35.6 Å². The van der Waals surface area contributed by atoms with Crippen molar-refractivity contribution in [1.82, 2.24) is 15.3 Å². The van der Waals surface area contributed by atoms with Crippen molar-refractivity contribution in [1.29, 1.82) is 0 Å². The molecule has 0 saturated carbocycles. The topological polar surface area (TPSA) is 41.1 Å². The molecule has 0 spiro atoms. The van der Waals surface area contributed by atoms with Crippen LogP contribution < -0.4 is 10.2 Å². The molecule has 1 aliphatic heterocycles. The van der Waals surface area contributed by atoms with Gasteiger partial charge in [0.15, 0.2) is 0 Å². The molecule has 0 aromatic carbocycles. The van der Waals surface area contributed by atoms with Crippen LogP contribution in [0.25, 0.3) is 10.2 Å². The van der Waals surface area contributed by atoms with Crippen LogP contribution in [0.1, 0.15) is 18.2 Å². The number of anilines is 1. The molecule has 0 bridgehead atoms. The van der Waals surface area contributed by atoms with E-state index in [1.165, 1.54) is 10.3 Å². The van der Waals surface area contributed by atoms with Gasteiger partial charge in [0.1, 0.15) is 17.0 Å². The predicted molar refractivity (Wildman–Crippen MR) is 76.4 cm³/mol. The Kier molecular flexibility index (Phi) is 3.18. The summed E-state index contributed by atoms with van der Waals surface area (Å²) in [7, 11) is 0. The largest absolute Gasteiger partial charge is 0.350 e. The first-order valence-corrected chi connectivity index (χ1v) is 7.29. The highest BCUT2D eigenvalue weighted by molar-refractivity contribution is 7.18. The van der Waals surface area contributed by atoms with Crippen molar-refractivity contribution in [2.75, 3.05) is 24.5 Å². The van der Waals surface area contributed by atoms with Crippen LogP contribution in [0.2, 0.25) is 0 Å². The summed E-state index contributed by atoms with van der Waals surface area (Å²) < 4.78 is 0. The Labute approximate surface area is 111 Å². The van der Waals surface area contributed by atoms with Gasteiger partial charge in [0.2, 0.25) is 0 Å². The van der Waals surface area contributed by atoms with E-state index in [1.54, 1.807) is 17.7 Å². The molecule has 2 aromatic heterocycles. The second-order valence-corrected chi connectivity index (χ2v) is 6.01. The zero-order chi connectivity index (χ0) is 12.5. The number of hydrogen-bond donors (Lipinski definition) is 1. The van der Waals surface area contributed by atoms with E-state index in [4.69, 9.17) is 0 Å². The van der Waals surface area contributed by atoms with Crippen molar-refractivity contribution in [3.63, 3.8) is 0 Å². The lowest BCUT2D eigenvalue weighted by Crippen LogP contribution is -2.57. The number of nitrogens with one attached hydrogen (secondary N) is 1. The summed E-state index contributed by atoms with van der Waals surface area (Å²) in [6, 6.07) is 2.80. The van der Waals surface area contributed by atoms with Gasteiger partial charge in [-0.3, -0.25) is 0 Å². The maximum absolute atomic E-state index is 4.54.